The van der Waals surface area contributed by atoms with Crippen molar-refractivity contribution in [2.24, 2.45) is 10.1 Å². The van der Waals surface area contributed by atoms with E-state index in [0.29, 0.717) is 12.1 Å². The van der Waals surface area contributed by atoms with Gasteiger partial charge in [0.2, 0.25) is 4.80 Å². The van der Waals surface area contributed by atoms with E-state index < -0.39 is 0 Å². The molecule has 7 heteroatoms. The van der Waals surface area contributed by atoms with Crippen LogP contribution < -0.4 is 4.80 Å². The van der Waals surface area contributed by atoms with Gasteiger partial charge in [-0.05, 0) is 30.5 Å². The number of methoxy groups -OCH3 is 1. The highest BCUT2D eigenvalue weighted by molar-refractivity contribution is 7.07. The minimum Gasteiger partial charge on any atom is -0.465 e. The van der Waals surface area contributed by atoms with Crippen LogP contribution in [0.2, 0.25) is 0 Å². The van der Waals surface area contributed by atoms with Crippen molar-refractivity contribution in [1.82, 2.24) is 4.68 Å². The molecular weight excluding hydrogens is 398 g/mol. The van der Waals surface area contributed by atoms with Crippen LogP contribution >= 0.6 is 11.3 Å². The van der Waals surface area contributed by atoms with Crippen molar-refractivity contribution in [2.75, 3.05) is 20.3 Å². The van der Waals surface area contributed by atoms with E-state index in [-0.39, 0.29) is 12.1 Å². The minimum absolute atomic E-state index is 0.190. The molecule has 0 N–H and O–H groups in total. The van der Waals surface area contributed by atoms with Crippen LogP contribution in [-0.2, 0) is 9.47 Å². The van der Waals surface area contributed by atoms with Crippen LogP contribution in [0, 0.1) is 0 Å². The van der Waals surface area contributed by atoms with Gasteiger partial charge in [-0.25, -0.2) is 9.47 Å². The van der Waals surface area contributed by atoms with Gasteiger partial charge in [-0.2, -0.15) is 5.10 Å². The average molecular weight is 422 g/mol. The molecule has 0 bridgehead atoms. The molecule has 6 nitrogen and oxygen atoms in total. The van der Waals surface area contributed by atoms with Gasteiger partial charge >= 0.3 is 5.97 Å². The Balaban J connectivity index is 1.65. The summed E-state index contributed by atoms with van der Waals surface area (Å²) >= 11 is 1.56. The quantitative estimate of drug-likeness (QED) is 0.447. The van der Waals surface area contributed by atoms with Gasteiger partial charge in [0.05, 0.1) is 37.2 Å². The Kier molecular flexibility index (Phi) is 6.51. The van der Waals surface area contributed by atoms with Crippen LogP contribution in [0.25, 0.3) is 11.3 Å². The summed E-state index contributed by atoms with van der Waals surface area (Å²) in [4.78, 5) is 17.2. The molecule has 154 valence electrons. The van der Waals surface area contributed by atoms with E-state index >= 15 is 0 Å². The van der Waals surface area contributed by atoms with Gasteiger partial charge in [-0.3, -0.25) is 4.99 Å². The Morgan fingerprint density at radius 2 is 2.03 bits per heavy atom. The van der Waals surface area contributed by atoms with E-state index in [1.165, 1.54) is 7.11 Å². The number of aromatic nitrogens is 1. The molecule has 0 radical (unpaired) electrons. The summed E-state index contributed by atoms with van der Waals surface area (Å²) < 4.78 is 12.3. The zero-order valence-electron chi connectivity index (χ0n) is 16.7. The molecule has 0 saturated carbocycles. The van der Waals surface area contributed by atoms with Gasteiger partial charge < -0.3 is 9.47 Å². The summed E-state index contributed by atoms with van der Waals surface area (Å²) in [6, 6.07) is 17.3. The van der Waals surface area contributed by atoms with E-state index in [1.54, 1.807) is 29.7 Å². The topological polar surface area (TPSA) is 65.2 Å². The van der Waals surface area contributed by atoms with Gasteiger partial charge in [-0.15, -0.1) is 11.3 Å². The highest BCUT2D eigenvalue weighted by Gasteiger charge is 2.15. The van der Waals surface area contributed by atoms with Crippen molar-refractivity contribution < 1.29 is 14.3 Å². The summed E-state index contributed by atoms with van der Waals surface area (Å²) in [7, 11) is 1.37. The lowest BCUT2D eigenvalue weighted by Crippen LogP contribution is -2.17. The van der Waals surface area contributed by atoms with Crippen molar-refractivity contribution in [3.8, 4) is 11.3 Å². The largest absolute Gasteiger partial charge is 0.465 e. The first kappa shape index (κ1) is 20.3. The Bertz CT molecular complexity index is 1080. The lowest BCUT2D eigenvalue weighted by Gasteiger charge is -2.06. The molecule has 2 heterocycles. The lowest BCUT2D eigenvalue weighted by atomic mass is 10.1. The molecular formula is C23H23N3O3S. The third-order valence-electron chi connectivity index (χ3n) is 4.86. The third-order valence-corrected chi connectivity index (χ3v) is 5.72. The number of carbonyl (C=O) groups excluding carboxylic acids is 1. The average Bonchev–Trinajstić information content (AvgIpc) is 3.46. The molecule has 1 fully saturated rings. The van der Waals surface area contributed by atoms with E-state index in [4.69, 9.17) is 19.6 Å². The second kappa shape index (κ2) is 9.65. The predicted molar refractivity (Wildman–Crippen MR) is 118 cm³/mol. The fourth-order valence-corrected chi connectivity index (χ4v) is 4.09. The van der Waals surface area contributed by atoms with Crippen molar-refractivity contribution >= 4 is 23.5 Å². The number of ether oxygens (including phenoxy) is 2. The molecule has 3 aromatic rings. The molecule has 1 aliphatic rings. The molecule has 0 unspecified atom stereocenters. The van der Waals surface area contributed by atoms with Crippen LogP contribution in [0.4, 0.5) is 0 Å². The van der Waals surface area contributed by atoms with Gasteiger partial charge in [0.1, 0.15) is 0 Å². The first-order chi connectivity index (χ1) is 14.7. The summed E-state index contributed by atoms with van der Waals surface area (Å²) in [5.74, 6) is -0.354. The Morgan fingerprint density at radius 3 is 2.73 bits per heavy atom. The number of benzene rings is 2. The number of thiazole rings is 1. The van der Waals surface area contributed by atoms with Crippen LogP contribution in [0.5, 0.6) is 0 Å². The third kappa shape index (κ3) is 4.75. The standard InChI is InChI=1S/C23H23N3O3S/c1-28-22(27)19-11-9-17(10-12-19)14-25-26-21(18-6-3-2-4-7-18)16-30-23(26)24-15-20-8-5-13-29-20/h2-4,6-7,9-12,14,16,20H,5,8,13,15H2,1H3/b24-23?,25-14-/t20-/m1/s1. The van der Waals surface area contributed by atoms with Crippen LogP contribution in [0.1, 0.15) is 28.8 Å². The number of esters is 1. The fourth-order valence-electron chi connectivity index (χ4n) is 3.24. The molecule has 1 saturated heterocycles. The number of hydrogen-bond donors (Lipinski definition) is 0. The summed E-state index contributed by atoms with van der Waals surface area (Å²) in [6.45, 7) is 1.46. The molecule has 4 rings (SSSR count). The van der Waals surface area contributed by atoms with Crippen molar-refractivity contribution in [2.45, 2.75) is 18.9 Å². The second-order valence-corrected chi connectivity index (χ2v) is 7.75. The molecule has 0 aliphatic carbocycles. The molecule has 1 aromatic heterocycles. The monoisotopic (exact) mass is 421 g/mol. The van der Waals surface area contributed by atoms with Gasteiger partial charge in [0.15, 0.2) is 0 Å². The zero-order valence-corrected chi connectivity index (χ0v) is 17.5. The zero-order chi connectivity index (χ0) is 20.8. The van der Waals surface area contributed by atoms with E-state index in [2.05, 4.69) is 17.5 Å². The lowest BCUT2D eigenvalue weighted by molar-refractivity contribution is 0.0600. The number of hydrogen-bond acceptors (Lipinski definition) is 6. The normalized spacial score (nSPS) is 17.0. The van der Waals surface area contributed by atoms with Crippen LogP contribution in [0.15, 0.2) is 70.1 Å². The van der Waals surface area contributed by atoms with Crippen molar-refractivity contribution in [3.05, 3.63) is 75.9 Å². The first-order valence-electron chi connectivity index (χ1n) is 9.85. The number of nitrogens with zero attached hydrogens (tertiary/aromatic N) is 3. The van der Waals surface area contributed by atoms with Gasteiger partial charge in [0, 0.05) is 17.6 Å². The van der Waals surface area contributed by atoms with E-state index in [0.717, 1.165) is 41.1 Å². The summed E-state index contributed by atoms with van der Waals surface area (Å²) in [5, 5.41) is 6.77. The maximum atomic E-state index is 11.6. The second-order valence-electron chi connectivity index (χ2n) is 6.92. The maximum absolute atomic E-state index is 11.6. The predicted octanol–water partition coefficient (Wildman–Crippen LogP) is 3.97. The summed E-state index contributed by atoms with van der Waals surface area (Å²) in [6.07, 6.45) is 4.11. The fraction of sp³-hybridized carbons (Fsp3) is 0.261. The Morgan fingerprint density at radius 1 is 1.23 bits per heavy atom. The molecule has 30 heavy (non-hydrogen) atoms. The van der Waals surface area contributed by atoms with Gasteiger partial charge in [0.25, 0.3) is 0 Å². The summed E-state index contributed by atoms with van der Waals surface area (Å²) in [5.41, 5.74) is 3.44. The smallest absolute Gasteiger partial charge is 0.337 e. The highest BCUT2D eigenvalue weighted by Crippen LogP contribution is 2.20. The number of rotatable bonds is 6. The van der Waals surface area contributed by atoms with Crippen molar-refractivity contribution in [1.29, 1.82) is 0 Å². The van der Waals surface area contributed by atoms with Crippen molar-refractivity contribution in [3.63, 3.8) is 0 Å². The molecule has 1 atom stereocenters. The number of carbonyl (C=O) groups is 1. The minimum atomic E-state index is -0.354. The van der Waals surface area contributed by atoms with Crippen LogP contribution in [-0.4, -0.2) is 43.2 Å². The van der Waals surface area contributed by atoms with E-state index in [1.807, 2.05) is 35.0 Å². The highest BCUT2D eigenvalue weighted by atomic mass is 32.1. The first-order valence-corrected chi connectivity index (χ1v) is 10.7. The molecule has 2 aromatic carbocycles. The molecule has 0 amide bonds. The SMILES string of the molecule is COC(=O)c1ccc(/C=N\n2c(-c3ccccc3)csc2=NC[C@H]2CCCO2)cc1. The Labute approximate surface area is 179 Å². The molecule has 1 aliphatic heterocycles. The van der Waals surface area contributed by atoms with E-state index in [9.17, 15) is 4.79 Å². The van der Waals surface area contributed by atoms with Crippen LogP contribution in [0.3, 0.4) is 0 Å². The van der Waals surface area contributed by atoms with Gasteiger partial charge in [-0.1, -0.05) is 42.5 Å². The maximum Gasteiger partial charge on any atom is 0.337 e. The molecule has 0 spiro atoms. The Hall–Kier alpha value is -3.03.